The number of carbonyl (C=O) groups excluding carboxylic acids is 1. The summed E-state index contributed by atoms with van der Waals surface area (Å²) in [6, 6.07) is 0. The first-order valence-corrected chi connectivity index (χ1v) is 15.7. The molecule has 0 aliphatic heterocycles. The monoisotopic (exact) mass is 472 g/mol. The first-order chi connectivity index (χ1) is 14.6. The van der Waals surface area contributed by atoms with E-state index in [9.17, 15) is 18.0 Å². The lowest BCUT2D eigenvalue weighted by atomic mass is 9.47. The number of fused-ring (bicyclic) bond motifs is 5. The van der Waals surface area contributed by atoms with E-state index in [-0.39, 0.29) is 35.7 Å². The molecule has 0 radical (unpaired) electrons. The lowest BCUT2D eigenvalue weighted by molar-refractivity contribution is -0.294. The molecule has 0 aromatic heterocycles. The Morgan fingerprint density at radius 1 is 1.06 bits per heavy atom. The van der Waals surface area contributed by atoms with Crippen molar-refractivity contribution in [3.05, 3.63) is 11.6 Å². The van der Waals surface area contributed by atoms with Gasteiger partial charge in [-0.15, -0.1) is 0 Å². The predicted molar refractivity (Wildman–Crippen MR) is 120 cm³/mol. The summed E-state index contributed by atoms with van der Waals surface area (Å²) in [5.41, 5.74) is -1.52. The number of alkyl halides is 3. The summed E-state index contributed by atoms with van der Waals surface area (Å²) < 4.78 is 55.8. The molecule has 0 unspecified atom stereocenters. The van der Waals surface area contributed by atoms with Crippen molar-refractivity contribution in [1.29, 1.82) is 0 Å². The normalized spacial score (nSPS) is 44.2. The summed E-state index contributed by atoms with van der Waals surface area (Å²) in [6.07, 6.45) is 3.32. The number of esters is 1. The number of ether oxygens (including phenoxy) is 1. The van der Waals surface area contributed by atoms with Crippen LogP contribution in [0.4, 0.5) is 13.2 Å². The Labute approximate surface area is 191 Å². The van der Waals surface area contributed by atoms with Crippen molar-refractivity contribution >= 4 is 14.3 Å². The van der Waals surface area contributed by atoms with Gasteiger partial charge in [-0.3, -0.25) is 4.79 Å². The highest BCUT2D eigenvalue weighted by molar-refractivity contribution is 6.69. The minimum Gasteiger partial charge on any atom is -0.462 e. The summed E-state index contributed by atoms with van der Waals surface area (Å²) in [5, 5.41) is 0. The van der Waals surface area contributed by atoms with Gasteiger partial charge < -0.3 is 9.16 Å². The fourth-order valence-electron chi connectivity index (χ4n) is 8.17. The molecule has 32 heavy (non-hydrogen) atoms. The van der Waals surface area contributed by atoms with E-state index in [1.165, 1.54) is 12.5 Å². The average Bonchev–Trinajstić information content (AvgIpc) is 2.93. The second-order valence-corrected chi connectivity index (χ2v) is 16.7. The second-order valence-electron chi connectivity index (χ2n) is 12.3. The number of hydrogen-bond donors (Lipinski definition) is 0. The minimum atomic E-state index is -4.36. The number of rotatable bonds is 3. The van der Waals surface area contributed by atoms with Crippen LogP contribution in [0.1, 0.15) is 72.1 Å². The fourth-order valence-corrected chi connectivity index (χ4v) is 9.67. The highest BCUT2D eigenvalue weighted by atomic mass is 28.4. The van der Waals surface area contributed by atoms with Gasteiger partial charge in [0.2, 0.25) is 0 Å². The molecule has 182 valence electrons. The molecule has 4 rings (SSSR count). The van der Waals surface area contributed by atoms with Crippen LogP contribution in [-0.4, -0.2) is 32.2 Å². The van der Waals surface area contributed by atoms with Crippen molar-refractivity contribution in [2.45, 2.75) is 110 Å². The van der Waals surface area contributed by atoms with Gasteiger partial charge in [0.15, 0.2) is 13.9 Å². The van der Waals surface area contributed by atoms with Crippen LogP contribution in [0.15, 0.2) is 11.6 Å². The molecule has 0 amide bonds. The molecule has 7 atom stereocenters. The Kier molecular flexibility index (Phi) is 5.77. The number of hydrogen-bond acceptors (Lipinski definition) is 3. The van der Waals surface area contributed by atoms with Crippen molar-refractivity contribution in [2.24, 2.45) is 28.6 Å². The van der Waals surface area contributed by atoms with Gasteiger partial charge in [0, 0.05) is 18.8 Å². The zero-order valence-corrected chi connectivity index (χ0v) is 21.4. The Morgan fingerprint density at radius 3 is 2.31 bits per heavy atom. The van der Waals surface area contributed by atoms with E-state index in [1.54, 1.807) is 0 Å². The maximum Gasteiger partial charge on any atom is 0.416 e. The largest absolute Gasteiger partial charge is 0.462 e. The third-order valence-electron chi connectivity index (χ3n) is 9.45. The third kappa shape index (κ3) is 3.60. The molecule has 0 N–H and O–H groups in total. The molecule has 7 heteroatoms. The molecule has 0 aromatic carbocycles. The van der Waals surface area contributed by atoms with E-state index >= 15 is 0 Å². The van der Waals surface area contributed by atoms with Crippen LogP contribution in [0.25, 0.3) is 0 Å². The molecule has 3 saturated carbocycles. The predicted octanol–water partition coefficient (Wildman–Crippen LogP) is 7.03. The molecule has 0 aromatic rings. The van der Waals surface area contributed by atoms with Gasteiger partial charge in [-0.1, -0.05) is 25.5 Å². The molecule has 0 bridgehead atoms. The van der Waals surface area contributed by atoms with Crippen molar-refractivity contribution < 1.29 is 27.1 Å². The van der Waals surface area contributed by atoms with Gasteiger partial charge in [0.25, 0.3) is 0 Å². The van der Waals surface area contributed by atoms with Crippen LogP contribution in [0.3, 0.4) is 0 Å². The zero-order valence-electron chi connectivity index (χ0n) is 20.4. The maximum absolute atomic E-state index is 14.7. The van der Waals surface area contributed by atoms with Gasteiger partial charge in [-0.2, -0.15) is 13.2 Å². The highest BCUT2D eigenvalue weighted by Gasteiger charge is 2.74. The summed E-state index contributed by atoms with van der Waals surface area (Å²) in [4.78, 5) is 11.4. The van der Waals surface area contributed by atoms with E-state index in [4.69, 9.17) is 9.16 Å². The zero-order chi connectivity index (χ0) is 23.7. The van der Waals surface area contributed by atoms with Gasteiger partial charge >= 0.3 is 12.1 Å². The Balaban J connectivity index is 1.65. The molecule has 4 aliphatic rings. The fraction of sp³-hybridized carbons (Fsp3) is 0.880. The van der Waals surface area contributed by atoms with Crippen LogP contribution in [0, 0.1) is 28.6 Å². The maximum atomic E-state index is 14.7. The second kappa shape index (κ2) is 7.59. The lowest BCUT2D eigenvalue weighted by Gasteiger charge is -2.60. The molecule has 0 heterocycles. The van der Waals surface area contributed by atoms with E-state index < -0.39 is 25.5 Å². The molecular formula is C25H39F3O3Si. The van der Waals surface area contributed by atoms with Crippen LogP contribution < -0.4 is 0 Å². The first kappa shape index (κ1) is 24.3. The SMILES string of the molecule is CC(=O)O[C@H]1CC[C@@]2(C)C(=CC[C@@H]3[C@@H]2CC[C@@]2(C)[C@H]3CC[C@@]2(O[Si](C)(C)C)C(F)(F)F)C1. The van der Waals surface area contributed by atoms with Crippen LogP contribution >= 0.6 is 0 Å². The Hall–Kier alpha value is -0.823. The van der Waals surface area contributed by atoms with E-state index in [0.717, 1.165) is 32.1 Å². The van der Waals surface area contributed by atoms with Crippen molar-refractivity contribution in [2.75, 3.05) is 0 Å². The molecular weight excluding hydrogens is 433 g/mol. The molecule has 3 nitrogen and oxygen atoms in total. The summed E-state index contributed by atoms with van der Waals surface area (Å²) >= 11 is 0. The standard InChI is InChI=1S/C25H39F3O3Si/c1-16(29)30-18-9-12-22(2)17(15-18)7-8-19-20(22)10-13-23(3)21(19)11-14-24(23,25(26,27)28)31-32(4,5)6/h7,18-21H,8-15H2,1-6H3/t18-,19+,20-,21-,22-,23-,24-/m0/s1. The van der Waals surface area contributed by atoms with Gasteiger partial charge in [0.05, 0.1) is 0 Å². The lowest BCUT2D eigenvalue weighted by Crippen LogP contribution is -2.63. The average molecular weight is 473 g/mol. The molecule has 0 spiro atoms. The van der Waals surface area contributed by atoms with Gasteiger partial charge in [-0.25, -0.2) is 0 Å². The van der Waals surface area contributed by atoms with Crippen molar-refractivity contribution in [3.8, 4) is 0 Å². The molecule has 4 aliphatic carbocycles. The number of halogens is 3. The third-order valence-corrected chi connectivity index (χ3v) is 10.4. The van der Waals surface area contributed by atoms with E-state index in [1.807, 2.05) is 26.6 Å². The summed E-state index contributed by atoms with van der Waals surface area (Å²) in [7, 11) is -2.41. The number of carbonyl (C=O) groups is 1. The van der Waals surface area contributed by atoms with Crippen molar-refractivity contribution in [3.63, 3.8) is 0 Å². The number of allylic oxidation sites excluding steroid dienone is 1. The smallest absolute Gasteiger partial charge is 0.416 e. The summed E-state index contributed by atoms with van der Waals surface area (Å²) in [5.74, 6) is 0.454. The Morgan fingerprint density at radius 2 is 1.72 bits per heavy atom. The van der Waals surface area contributed by atoms with Crippen LogP contribution in [0.2, 0.25) is 19.6 Å². The molecule has 0 saturated heterocycles. The Bertz CT molecular complexity index is 803. The highest BCUT2D eigenvalue weighted by Crippen LogP contribution is 2.70. The quantitative estimate of drug-likeness (QED) is 0.251. The van der Waals surface area contributed by atoms with Crippen LogP contribution in [0.5, 0.6) is 0 Å². The van der Waals surface area contributed by atoms with Crippen LogP contribution in [-0.2, 0) is 14.0 Å². The van der Waals surface area contributed by atoms with E-state index in [0.29, 0.717) is 18.8 Å². The van der Waals surface area contributed by atoms with Crippen molar-refractivity contribution in [1.82, 2.24) is 0 Å². The topological polar surface area (TPSA) is 35.5 Å². The van der Waals surface area contributed by atoms with Gasteiger partial charge in [0.1, 0.15) is 6.10 Å². The van der Waals surface area contributed by atoms with Gasteiger partial charge in [-0.05, 0) is 87.8 Å². The van der Waals surface area contributed by atoms with E-state index in [2.05, 4.69) is 13.0 Å². The minimum absolute atomic E-state index is 0.00398. The summed E-state index contributed by atoms with van der Waals surface area (Å²) in [6.45, 7) is 11.3. The molecule has 3 fully saturated rings. The first-order valence-electron chi connectivity index (χ1n) is 12.3.